The van der Waals surface area contributed by atoms with Crippen molar-refractivity contribution in [1.82, 2.24) is 5.32 Å². The maximum absolute atomic E-state index is 12.4. The molecule has 0 spiro atoms. The topological polar surface area (TPSA) is 41.1 Å². The average Bonchev–Trinajstić information content (AvgIpc) is 2.55. The number of hydrogen-bond acceptors (Lipinski definition) is 3. The first kappa shape index (κ1) is 21.6. The summed E-state index contributed by atoms with van der Waals surface area (Å²) in [5.74, 6) is -2.96. The van der Waals surface area contributed by atoms with E-state index in [1.165, 1.54) is 12.1 Å². The van der Waals surface area contributed by atoms with E-state index in [-0.39, 0.29) is 0 Å². The Kier molecular flexibility index (Phi) is 7.85. The van der Waals surface area contributed by atoms with Gasteiger partial charge in [-0.15, -0.1) is 0 Å². The van der Waals surface area contributed by atoms with Gasteiger partial charge in [0.1, 0.15) is 6.17 Å². The third-order valence-corrected chi connectivity index (χ3v) is 5.18. The number of alkyl halides is 5. The molecule has 2 aromatic carbocycles. The van der Waals surface area contributed by atoms with Crippen molar-refractivity contribution in [2.24, 2.45) is 0 Å². The summed E-state index contributed by atoms with van der Waals surface area (Å²) in [6.45, 7) is 0. The van der Waals surface area contributed by atoms with Crippen LogP contribution in [0.5, 0.6) is 0 Å². The molecular weight excluding hydrogens is 493 g/mol. The van der Waals surface area contributed by atoms with Crippen molar-refractivity contribution in [3.05, 3.63) is 58.6 Å². The lowest BCUT2D eigenvalue weighted by molar-refractivity contribution is 0.0941. The highest BCUT2D eigenvalue weighted by molar-refractivity contribution is 9.10. The molecule has 0 saturated carbocycles. The van der Waals surface area contributed by atoms with Crippen LogP contribution in [0.1, 0.15) is 10.4 Å². The molecule has 0 aliphatic heterocycles. The standard InChI is InChI=1S/C16H12BrCl3F2N2OS/c17-12-4-2-1-3-11(12)13(25)24-14(16(18,19)20)23-9-5-7-10(8-6-9)26-15(21)22/h1-8,14-15,23H,(H,24,25). The largest absolute Gasteiger partial charge is 0.362 e. The van der Waals surface area contributed by atoms with Crippen LogP contribution in [-0.2, 0) is 0 Å². The fourth-order valence-electron chi connectivity index (χ4n) is 1.95. The third kappa shape index (κ3) is 6.46. The minimum Gasteiger partial charge on any atom is -0.362 e. The van der Waals surface area contributed by atoms with Crippen LogP contribution >= 0.6 is 62.5 Å². The van der Waals surface area contributed by atoms with Gasteiger partial charge in [-0.3, -0.25) is 4.79 Å². The molecule has 0 heterocycles. The molecule has 1 atom stereocenters. The van der Waals surface area contributed by atoms with E-state index in [2.05, 4.69) is 26.6 Å². The second-order valence-corrected chi connectivity index (χ2v) is 9.26. The number of rotatable bonds is 6. The van der Waals surface area contributed by atoms with E-state index < -0.39 is 21.6 Å². The van der Waals surface area contributed by atoms with Crippen LogP contribution in [0, 0.1) is 0 Å². The van der Waals surface area contributed by atoms with E-state index in [0.717, 1.165) is 0 Å². The van der Waals surface area contributed by atoms with E-state index in [1.807, 2.05) is 0 Å². The molecule has 1 amide bonds. The highest BCUT2D eigenvalue weighted by Gasteiger charge is 2.34. The Bertz CT molecular complexity index is 760. The van der Waals surface area contributed by atoms with E-state index in [0.29, 0.717) is 32.4 Å². The maximum atomic E-state index is 12.4. The molecular formula is C16H12BrCl3F2N2OS. The molecule has 2 N–H and O–H groups in total. The number of benzene rings is 2. The SMILES string of the molecule is O=C(NC(Nc1ccc(SC(F)F)cc1)C(Cl)(Cl)Cl)c1ccccc1Br. The minimum absolute atomic E-state index is 0.372. The van der Waals surface area contributed by atoms with Gasteiger partial charge >= 0.3 is 0 Å². The summed E-state index contributed by atoms with van der Waals surface area (Å²) >= 11 is 21.6. The highest BCUT2D eigenvalue weighted by atomic mass is 79.9. The van der Waals surface area contributed by atoms with Crippen LogP contribution < -0.4 is 10.6 Å². The van der Waals surface area contributed by atoms with Gasteiger partial charge < -0.3 is 10.6 Å². The maximum Gasteiger partial charge on any atom is 0.288 e. The monoisotopic (exact) mass is 502 g/mol. The van der Waals surface area contributed by atoms with Gasteiger partial charge in [0.25, 0.3) is 11.7 Å². The average molecular weight is 505 g/mol. The smallest absolute Gasteiger partial charge is 0.288 e. The first-order valence-corrected chi connectivity index (χ1v) is 9.91. The van der Waals surface area contributed by atoms with Gasteiger partial charge in [-0.2, -0.15) is 8.78 Å². The van der Waals surface area contributed by atoms with Gasteiger partial charge in [0, 0.05) is 15.1 Å². The molecule has 0 saturated heterocycles. The molecule has 2 aromatic rings. The zero-order valence-corrected chi connectivity index (χ0v) is 17.5. The Morgan fingerprint density at radius 1 is 1.08 bits per heavy atom. The number of hydrogen-bond donors (Lipinski definition) is 2. The molecule has 10 heteroatoms. The van der Waals surface area contributed by atoms with Crippen LogP contribution in [0.15, 0.2) is 57.9 Å². The Labute approximate surface area is 176 Å². The fraction of sp³-hybridized carbons (Fsp3) is 0.188. The summed E-state index contributed by atoms with van der Waals surface area (Å²) in [7, 11) is 0. The fourth-order valence-corrected chi connectivity index (χ4v) is 3.24. The van der Waals surface area contributed by atoms with Crippen LogP contribution in [0.2, 0.25) is 0 Å². The van der Waals surface area contributed by atoms with Gasteiger partial charge in [0.05, 0.1) is 5.56 Å². The van der Waals surface area contributed by atoms with E-state index >= 15 is 0 Å². The summed E-state index contributed by atoms with van der Waals surface area (Å²) in [6.07, 6.45) is -1.05. The first-order chi connectivity index (χ1) is 12.2. The van der Waals surface area contributed by atoms with Crippen molar-refractivity contribution in [2.45, 2.75) is 20.6 Å². The second kappa shape index (κ2) is 9.46. The van der Waals surface area contributed by atoms with Crippen molar-refractivity contribution in [1.29, 1.82) is 0 Å². The Morgan fingerprint density at radius 3 is 2.23 bits per heavy atom. The van der Waals surface area contributed by atoms with Gasteiger partial charge in [-0.1, -0.05) is 58.7 Å². The molecule has 3 nitrogen and oxygen atoms in total. The van der Waals surface area contributed by atoms with Crippen LogP contribution in [0.3, 0.4) is 0 Å². The van der Waals surface area contributed by atoms with Crippen LogP contribution in [-0.4, -0.2) is 21.6 Å². The molecule has 140 valence electrons. The number of carbonyl (C=O) groups excluding carboxylic acids is 1. The summed E-state index contributed by atoms with van der Waals surface area (Å²) in [6, 6.07) is 12.9. The molecule has 0 bridgehead atoms. The first-order valence-electron chi connectivity index (χ1n) is 7.10. The lowest BCUT2D eigenvalue weighted by Crippen LogP contribution is -2.49. The van der Waals surface area contributed by atoms with E-state index in [4.69, 9.17) is 34.8 Å². The molecule has 0 radical (unpaired) electrons. The predicted molar refractivity (Wildman–Crippen MR) is 108 cm³/mol. The molecule has 0 aliphatic rings. The van der Waals surface area contributed by atoms with Crippen LogP contribution in [0.4, 0.5) is 14.5 Å². The van der Waals surface area contributed by atoms with Gasteiger partial charge in [-0.25, -0.2) is 0 Å². The Hall–Kier alpha value is -0.730. The number of halogens is 6. The highest BCUT2D eigenvalue weighted by Crippen LogP contribution is 2.32. The lowest BCUT2D eigenvalue weighted by Gasteiger charge is -2.27. The van der Waals surface area contributed by atoms with E-state index in [1.54, 1.807) is 36.4 Å². The van der Waals surface area contributed by atoms with Crippen molar-refractivity contribution >= 4 is 74.1 Å². The molecule has 2 rings (SSSR count). The summed E-state index contributed by atoms with van der Waals surface area (Å²) < 4.78 is 23.5. The number of nitrogens with one attached hydrogen (secondary N) is 2. The van der Waals surface area contributed by atoms with Crippen LogP contribution in [0.25, 0.3) is 0 Å². The molecule has 0 fully saturated rings. The second-order valence-electron chi connectivity index (χ2n) is 4.98. The quantitative estimate of drug-likeness (QED) is 0.276. The van der Waals surface area contributed by atoms with Crippen molar-refractivity contribution in [3.8, 4) is 0 Å². The number of carbonyl (C=O) groups is 1. The van der Waals surface area contributed by atoms with Crippen molar-refractivity contribution < 1.29 is 13.6 Å². The number of thioether (sulfide) groups is 1. The van der Waals surface area contributed by atoms with Gasteiger partial charge in [-0.05, 0) is 52.3 Å². The molecule has 26 heavy (non-hydrogen) atoms. The summed E-state index contributed by atoms with van der Waals surface area (Å²) in [5, 5.41) is 5.49. The normalized spacial score (nSPS) is 12.7. The van der Waals surface area contributed by atoms with Gasteiger partial charge in [0.2, 0.25) is 3.79 Å². The zero-order valence-electron chi connectivity index (χ0n) is 12.9. The van der Waals surface area contributed by atoms with E-state index in [9.17, 15) is 13.6 Å². The predicted octanol–water partition coefficient (Wildman–Crippen LogP) is 6.30. The Balaban J connectivity index is 2.13. The van der Waals surface area contributed by atoms with Crippen molar-refractivity contribution in [2.75, 3.05) is 5.32 Å². The summed E-state index contributed by atoms with van der Waals surface area (Å²) in [5.41, 5.74) is 0.865. The zero-order chi connectivity index (χ0) is 19.3. The molecule has 1 unspecified atom stereocenters. The number of amides is 1. The minimum atomic E-state index is -2.51. The lowest BCUT2D eigenvalue weighted by atomic mass is 10.2. The Morgan fingerprint density at radius 2 is 1.69 bits per heavy atom. The summed E-state index contributed by atoms with van der Waals surface area (Å²) in [4.78, 5) is 12.8. The van der Waals surface area contributed by atoms with Gasteiger partial charge in [0.15, 0.2) is 0 Å². The number of anilines is 1. The molecule has 0 aliphatic carbocycles. The molecule has 0 aromatic heterocycles. The van der Waals surface area contributed by atoms with Crippen molar-refractivity contribution in [3.63, 3.8) is 0 Å². The third-order valence-electron chi connectivity index (χ3n) is 3.11.